The molecule has 2 aromatic heterocycles. The van der Waals surface area contributed by atoms with Gasteiger partial charge in [0, 0.05) is 50.7 Å². The first kappa shape index (κ1) is 14.3. The summed E-state index contributed by atoms with van der Waals surface area (Å²) >= 11 is 0. The number of hydrogen-bond donors (Lipinski definition) is 1. The van der Waals surface area contributed by atoms with E-state index in [1.807, 2.05) is 10.8 Å². The van der Waals surface area contributed by atoms with Crippen molar-refractivity contribution in [2.75, 3.05) is 0 Å². The number of carbonyl (C=O) groups excluding carboxylic acids is 1. The average Bonchev–Trinajstić information content (AvgIpc) is 2.95. The monoisotopic (exact) mass is 303 g/mol. The minimum atomic E-state index is -0.497. The Balaban J connectivity index is 1.65. The van der Waals surface area contributed by atoms with E-state index in [1.54, 1.807) is 6.20 Å². The van der Waals surface area contributed by atoms with Crippen molar-refractivity contribution in [3.05, 3.63) is 51.3 Å². The van der Waals surface area contributed by atoms with Crippen LogP contribution in [0.5, 0.6) is 0 Å². The summed E-state index contributed by atoms with van der Waals surface area (Å²) in [5, 5.41) is 2.92. The van der Waals surface area contributed by atoms with E-state index in [-0.39, 0.29) is 24.1 Å². The van der Waals surface area contributed by atoms with Crippen molar-refractivity contribution in [1.82, 2.24) is 24.0 Å². The Morgan fingerprint density at radius 2 is 2.23 bits per heavy atom. The molecule has 3 heterocycles. The van der Waals surface area contributed by atoms with Gasteiger partial charge in [-0.05, 0) is 6.42 Å². The fraction of sp³-hybridized carbons (Fsp3) is 0.429. The molecule has 0 saturated carbocycles. The molecule has 0 bridgehead atoms. The molecule has 22 heavy (non-hydrogen) atoms. The number of hydrogen-bond acceptors (Lipinski definition) is 4. The normalized spacial score (nSPS) is 17.0. The van der Waals surface area contributed by atoms with Crippen LogP contribution in [0.15, 0.2) is 34.2 Å². The van der Waals surface area contributed by atoms with Crippen molar-refractivity contribution < 1.29 is 4.79 Å². The Morgan fingerprint density at radius 3 is 3.05 bits per heavy atom. The molecule has 2 aromatic rings. The molecule has 0 radical (unpaired) electrons. The van der Waals surface area contributed by atoms with Gasteiger partial charge in [0.15, 0.2) is 0 Å². The highest BCUT2D eigenvalue weighted by Crippen LogP contribution is 2.12. The first-order chi connectivity index (χ1) is 10.5. The van der Waals surface area contributed by atoms with Gasteiger partial charge in [-0.3, -0.25) is 18.7 Å². The molecule has 0 saturated heterocycles. The molecule has 8 nitrogen and oxygen atoms in total. The van der Waals surface area contributed by atoms with Crippen LogP contribution in [0.1, 0.15) is 12.2 Å². The fourth-order valence-electron chi connectivity index (χ4n) is 2.65. The lowest BCUT2D eigenvalue weighted by Gasteiger charge is -2.24. The van der Waals surface area contributed by atoms with Crippen molar-refractivity contribution in [3.8, 4) is 0 Å². The maximum absolute atomic E-state index is 12.1. The van der Waals surface area contributed by atoms with Crippen molar-refractivity contribution >= 4 is 5.91 Å². The van der Waals surface area contributed by atoms with Gasteiger partial charge in [-0.2, -0.15) is 0 Å². The van der Waals surface area contributed by atoms with Gasteiger partial charge in [0.1, 0.15) is 12.4 Å². The van der Waals surface area contributed by atoms with Crippen LogP contribution in [-0.4, -0.2) is 30.6 Å². The summed E-state index contributed by atoms with van der Waals surface area (Å²) in [7, 11) is 1.39. The number of nitrogens with one attached hydrogen (secondary N) is 1. The Hall–Kier alpha value is -2.64. The Bertz CT molecular complexity index is 816. The molecule has 0 aliphatic carbocycles. The molecule has 1 aliphatic heterocycles. The van der Waals surface area contributed by atoms with Gasteiger partial charge in [-0.25, -0.2) is 9.78 Å². The van der Waals surface area contributed by atoms with Crippen LogP contribution in [0.2, 0.25) is 0 Å². The van der Waals surface area contributed by atoms with Crippen molar-refractivity contribution in [3.63, 3.8) is 0 Å². The molecule has 3 rings (SSSR count). The highest BCUT2D eigenvalue weighted by atomic mass is 16.2. The lowest BCUT2D eigenvalue weighted by molar-refractivity contribution is -0.122. The van der Waals surface area contributed by atoms with Crippen molar-refractivity contribution in [2.45, 2.75) is 32.0 Å². The summed E-state index contributed by atoms with van der Waals surface area (Å²) in [6, 6.07) is 1.30. The van der Waals surface area contributed by atoms with Gasteiger partial charge in [0.2, 0.25) is 5.91 Å². The second kappa shape index (κ2) is 5.63. The van der Waals surface area contributed by atoms with Crippen molar-refractivity contribution in [1.29, 1.82) is 0 Å². The number of amides is 1. The zero-order chi connectivity index (χ0) is 15.7. The second-order valence-electron chi connectivity index (χ2n) is 5.42. The van der Waals surface area contributed by atoms with E-state index in [1.165, 1.54) is 23.9 Å². The third kappa shape index (κ3) is 2.72. The summed E-state index contributed by atoms with van der Waals surface area (Å²) < 4.78 is 4.22. The second-order valence-corrected chi connectivity index (χ2v) is 5.42. The van der Waals surface area contributed by atoms with E-state index in [4.69, 9.17) is 0 Å². The SMILES string of the molecule is Cn1c(=O)ccn(CC(=O)N[C@@H]2CCc3nccn3C2)c1=O. The average molecular weight is 303 g/mol. The zero-order valence-corrected chi connectivity index (χ0v) is 12.2. The predicted octanol–water partition coefficient (Wildman–Crippen LogP) is -1.13. The summed E-state index contributed by atoms with van der Waals surface area (Å²) in [5.41, 5.74) is -0.884. The number of nitrogens with zero attached hydrogens (tertiary/aromatic N) is 4. The molecular weight excluding hydrogens is 286 g/mol. The van der Waals surface area contributed by atoms with Crippen molar-refractivity contribution in [2.24, 2.45) is 7.05 Å². The van der Waals surface area contributed by atoms with Crippen LogP contribution < -0.4 is 16.6 Å². The molecular formula is C14H17N5O3. The number of aromatic nitrogens is 4. The van der Waals surface area contributed by atoms with Crippen LogP contribution in [0.25, 0.3) is 0 Å². The molecule has 1 N–H and O–H groups in total. The molecule has 1 aliphatic rings. The van der Waals surface area contributed by atoms with Gasteiger partial charge in [-0.15, -0.1) is 0 Å². The lowest BCUT2D eigenvalue weighted by Crippen LogP contribution is -2.45. The molecule has 1 atom stereocenters. The smallest absolute Gasteiger partial charge is 0.331 e. The standard InChI is InChI=1S/C14H17N5O3/c1-17-13(21)4-6-19(14(17)22)9-12(20)16-10-2-3-11-15-5-7-18(11)8-10/h4-7,10H,2-3,8-9H2,1H3,(H,16,20)/t10-/m1/s1. The van der Waals surface area contributed by atoms with Crippen LogP contribution in [-0.2, 0) is 31.4 Å². The maximum atomic E-state index is 12.1. The third-order valence-corrected chi connectivity index (χ3v) is 3.87. The van der Waals surface area contributed by atoms with Gasteiger partial charge in [0.05, 0.1) is 0 Å². The molecule has 0 spiro atoms. The first-order valence-electron chi connectivity index (χ1n) is 7.10. The Kier molecular flexibility index (Phi) is 3.66. The van der Waals surface area contributed by atoms with E-state index in [0.717, 1.165) is 23.2 Å². The Morgan fingerprint density at radius 1 is 1.41 bits per heavy atom. The maximum Gasteiger partial charge on any atom is 0.331 e. The molecule has 0 fully saturated rings. The highest BCUT2D eigenvalue weighted by Gasteiger charge is 2.20. The number of carbonyl (C=O) groups is 1. The van der Waals surface area contributed by atoms with Gasteiger partial charge in [0.25, 0.3) is 5.56 Å². The first-order valence-corrected chi connectivity index (χ1v) is 7.10. The Labute approximate surface area is 126 Å². The van der Waals surface area contributed by atoms with Gasteiger partial charge < -0.3 is 9.88 Å². The number of imidazole rings is 1. The van der Waals surface area contributed by atoms with E-state index >= 15 is 0 Å². The fourth-order valence-corrected chi connectivity index (χ4v) is 2.65. The summed E-state index contributed by atoms with van der Waals surface area (Å²) in [6.45, 7) is 0.587. The molecule has 8 heteroatoms. The number of aryl methyl sites for hydroxylation is 1. The third-order valence-electron chi connectivity index (χ3n) is 3.87. The van der Waals surface area contributed by atoms with Gasteiger partial charge >= 0.3 is 5.69 Å². The number of rotatable bonds is 3. The minimum absolute atomic E-state index is 0.0254. The summed E-state index contributed by atoms with van der Waals surface area (Å²) in [5.74, 6) is 0.786. The zero-order valence-electron chi connectivity index (χ0n) is 12.2. The van der Waals surface area contributed by atoms with E-state index in [9.17, 15) is 14.4 Å². The van der Waals surface area contributed by atoms with E-state index < -0.39 is 5.69 Å². The van der Waals surface area contributed by atoms with Crippen LogP contribution in [0, 0.1) is 0 Å². The van der Waals surface area contributed by atoms with Gasteiger partial charge in [-0.1, -0.05) is 0 Å². The molecule has 116 valence electrons. The van der Waals surface area contributed by atoms with E-state index in [0.29, 0.717) is 6.54 Å². The molecule has 0 unspecified atom stereocenters. The van der Waals surface area contributed by atoms with Crippen LogP contribution in [0.4, 0.5) is 0 Å². The minimum Gasteiger partial charge on any atom is -0.350 e. The largest absolute Gasteiger partial charge is 0.350 e. The predicted molar refractivity (Wildman–Crippen MR) is 78.4 cm³/mol. The topological polar surface area (TPSA) is 90.9 Å². The number of fused-ring (bicyclic) bond motifs is 1. The highest BCUT2D eigenvalue weighted by molar-refractivity contribution is 5.76. The van der Waals surface area contributed by atoms with E-state index in [2.05, 4.69) is 10.3 Å². The molecule has 0 aromatic carbocycles. The molecule has 1 amide bonds. The quantitative estimate of drug-likeness (QED) is 0.777. The van der Waals surface area contributed by atoms with Crippen LogP contribution >= 0.6 is 0 Å². The lowest BCUT2D eigenvalue weighted by atomic mass is 10.1. The van der Waals surface area contributed by atoms with Crippen LogP contribution in [0.3, 0.4) is 0 Å². The summed E-state index contributed by atoms with van der Waals surface area (Å²) in [6.07, 6.45) is 6.64. The summed E-state index contributed by atoms with van der Waals surface area (Å²) in [4.78, 5) is 39.5.